The molecule has 2 unspecified atom stereocenters. The first kappa shape index (κ1) is 37.7. The third-order valence-electron chi connectivity index (χ3n) is 10.4. The molecule has 1 aliphatic carbocycles. The number of hydrogen-bond acceptors (Lipinski definition) is 8. The number of hydrogen-bond donors (Lipinski definition) is 2. The molecule has 0 radical (unpaired) electrons. The molecule has 2 N–H and O–H groups in total. The molecule has 0 saturated carbocycles. The van der Waals surface area contributed by atoms with Gasteiger partial charge < -0.3 is 9.64 Å². The quantitative estimate of drug-likeness (QED) is 0.151. The number of fused-ring (bicyclic) bond motifs is 2. The highest BCUT2D eigenvalue weighted by Gasteiger charge is 2.41. The standard InChI is InChI=1S/C39H39N3O9S3/c1-26-20-22-42(23-21-26)52(43,44)38-7-5-4-6-35(38)39-33-18-12-29(40(2)27-8-14-31(15-9-27)53(45,46)47)24-36(33)51-37-25-30(13-19-34(37)39)41(3)28-10-16-32(17-11-28)54(48,49)50/h4-19,24-26,33,39H,20-23H2,1-3H3,(H-,45,46,47,48,49,50)/p+1/b40-29+. The van der Waals surface area contributed by atoms with Gasteiger partial charge in [0.15, 0.2) is 0 Å². The molecule has 2 aliphatic heterocycles. The Bertz CT molecular complexity index is 2540. The Morgan fingerprint density at radius 3 is 2.00 bits per heavy atom. The van der Waals surface area contributed by atoms with Crippen molar-refractivity contribution >= 4 is 53.0 Å². The normalized spacial score (nSPS) is 20.4. The van der Waals surface area contributed by atoms with Gasteiger partial charge in [-0.15, -0.1) is 0 Å². The zero-order chi connectivity index (χ0) is 38.6. The number of allylic oxidation sites excluding steroid dienone is 3. The number of rotatable bonds is 8. The van der Waals surface area contributed by atoms with Crippen LogP contribution in [0.25, 0.3) is 0 Å². The maximum absolute atomic E-state index is 14.3. The summed E-state index contributed by atoms with van der Waals surface area (Å²) in [5, 5.41) is 0. The zero-order valence-corrected chi connectivity index (χ0v) is 32.2. The lowest BCUT2D eigenvalue weighted by Crippen LogP contribution is -2.38. The van der Waals surface area contributed by atoms with E-state index in [0.717, 1.165) is 24.1 Å². The summed E-state index contributed by atoms with van der Waals surface area (Å²) in [4.78, 5) is 1.64. The Morgan fingerprint density at radius 2 is 1.37 bits per heavy atom. The lowest BCUT2D eigenvalue weighted by atomic mass is 9.75. The van der Waals surface area contributed by atoms with Crippen LogP contribution >= 0.6 is 0 Å². The van der Waals surface area contributed by atoms with Gasteiger partial charge in [-0.1, -0.05) is 37.3 Å². The van der Waals surface area contributed by atoms with Crippen LogP contribution in [0.4, 0.5) is 17.1 Å². The van der Waals surface area contributed by atoms with Crippen LogP contribution in [0.3, 0.4) is 0 Å². The molecule has 2 atom stereocenters. The zero-order valence-electron chi connectivity index (χ0n) is 29.8. The van der Waals surface area contributed by atoms with Gasteiger partial charge in [-0.2, -0.15) is 25.7 Å². The topological polar surface area (TPSA) is 162 Å². The molecular weight excluding hydrogens is 751 g/mol. The van der Waals surface area contributed by atoms with Crippen molar-refractivity contribution in [3.8, 4) is 5.75 Å². The van der Waals surface area contributed by atoms with Gasteiger partial charge in [0.05, 0.1) is 14.7 Å². The number of ether oxygens (including phenoxy) is 1. The largest absolute Gasteiger partial charge is 0.460 e. The molecular formula is C39H40N3O9S3+. The first-order chi connectivity index (χ1) is 25.5. The number of nitrogens with zero attached hydrogens (tertiary/aromatic N) is 3. The van der Waals surface area contributed by atoms with E-state index >= 15 is 0 Å². The molecule has 54 heavy (non-hydrogen) atoms. The van der Waals surface area contributed by atoms with Crippen LogP contribution in [-0.4, -0.2) is 76.1 Å². The highest BCUT2D eigenvalue weighted by molar-refractivity contribution is 7.89. The minimum Gasteiger partial charge on any atom is -0.460 e. The summed E-state index contributed by atoms with van der Waals surface area (Å²) in [6, 6.07) is 24.4. The SMILES string of the molecule is CC1CCN(S(=O)(=O)c2ccccc2C2c3ccc(N(C)c4ccc(S(=O)(=O)O)cc4)cc3OC3=C/C(=[N+](\C)c4ccc(S(=O)(=O)O)cc4)C=CC32)CC1. The van der Waals surface area contributed by atoms with Gasteiger partial charge in [0, 0.05) is 79.3 Å². The van der Waals surface area contributed by atoms with Crippen LogP contribution < -0.4 is 9.64 Å². The minimum atomic E-state index is -4.36. The summed E-state index contributed by atoms with van der Waals surface area (Å²) in [6.07, 6.45) is 7.38. The molecule has 4 aromatic rings. The molecule has 15 heteroatoms. The van der Waals surface area contributed by atoms with E-state index in [1.165, 1.54) is 24.3 Å². The average molecular weight is 791 g/mol. The van der Waals surface area contributed by atoms with E-state index in [-0.39, 0.29) is 20.6 Å². The number of benzene rings is 4. The molecule has 7 rings (SSSR count). The summed E-state index contributed by atoms with van der Waals surface area (Å²) >= 11 is 0. The van der Waals surface area contributed by atoms with Gasteiger partial charge in [-0.25, -0.2) is 8.42 Å². The van der Waals surface area contributed by atoms with E-state index < -0.39 is 36.2 Å². The highest BCUT2D eigenvalue weighted by Crippen LogP contribution is 2.50. The second kappa shape index (κ2) is 14.2. The Balaban J connectivity index is 1.33. The molecule has 1 fully saturated rings. The van der Waals surface area contributed by atoms with Crippen LogP contribution in [0.1, 0.15) is 36.8 Å². The van der Waals surface area contributed by atoms with Gasteiger partial charge in [-0.3, -0.25) is 9.11 Å². The third kappa shape index (κ3) is 7.27. The molecule has 12 nitrogen and oxygen atoms in total. The maximum atomic E-state index is 14.3. The Labute approximate surface area is 315 Å². The molecule has 282 valence electrons. The molecule has 3 aliphatic rings. The van der Waals surface area contributed by atoms with Crippen molar-refractivity contribution in [3.63, 3.8) is 0 Å². The molecule has 0 aromatic heterocycles. The predicted octanol–water partition coefficient (Wildman–Crippen LogP) is 6.38. The summed E-state index contributed by atoms with van der Waals surface area (Å²) in [7, 11) is -8.94. The minimum absolute atomic E-state index is 0.222. The van der Waals surface area contributed by atoms with E-state index in [2.05, 4.69) is 6.92 Å². The maximum Gasteiger partial charge on any atom is 0.294 e. The van der Waals surface area contributed by atoms with Crippen molar-refractivity contribution < 1.29 is 43.7 Å². The van der Waals surface area contributed by atoms with Gasteiger partial charge >= 0.3 is 0 Å². The molecule has 0 spiro atoms. The van der Waals surface area contributed by atoms with Crippen molar-refractivity contribution in [3.05, 3.63) is 126 Å². The fraction of sp³-hybridized carbons (Fsp3) is 0.256. The van der Waals surface area contributed by atoms with E-state index in [1.807, 2.05) is 72.1 Å². The van der Waals surface area contributed by atoms with Crippen LogP contribution in [0.5, 0.6) is 5.75 Å². The second-order valence-electron chi connectivity index (χ2n) is 13.8. The predicted molar refractivity (Wildman–Crippen MR) is 205 cm³/mol. The molecule has 1 saturated heterocycles. The Kier molecular flexibility index (Phi) is 9.91. The van der Waals surface area contributed by atoms with Gasteiger partial charge in [0.2, 0.25) is 21.4 Å². The first-order valence-electron chi connectivity index (χ1n) is 17.3. The van der Waals surface area contributed by atoms with Crippen LogP contribution in [-0.2, 0) is 30.3 Å². The van der Waals surface area contributed by atoms with Gasteiger partial charge in [0.1, 0.15) is 18.6 Å². The summed E-state index contributed by atoms with van der Waals surface area (Å²) in [5.74, 6) is 0.690. The van der Waals surface area contributed by atoms with Crippen molar-refractivity contribution in [1.29, 1.82) is 0 Å². The summed E-state index contributed by atoms with van der Waals surface area (Å²) in [6.45, 7) is 3.04. The van der Waals surface area contributed by atoms with E-state index in [9.17, 15) is 34.4 Å². The van der Waals surface area contributed by atoms with E-state index in [4.69, 9.17) is 4.74 Å². The molecule has 0 amide bonds. The number of piperidine rings is 1. The van der Waals surface area contributed by atoms with Crippen LogP contribution in [0.2, 0.25) is 0 Å². The Morgan fingerprint density at radius 1 is 0.778 bits per heavy atom. The van der Waals surface area contributed by atoms with Gasteiger partial charge in [0.25, 0.3) is 20.2 Å². The van der Waals surface area contributed by atoms with Crippen molar-refractivity contribution in [2.24, 2.45) is 11.8 Å². The summed E-state index contributed by atoms with van der Waals surface area (Å²) in [5.41, 5.74) is 4.16. The lowest BCUT2D eigenvalue weighted by Gasteiger charge is -2.37. The Hall–Kier alpha value is -4.64. The second-order valence-corrected chi connectivity index (χ2v) is 18.6. The van der Waals surface area contributed by atoms with Crippen molar-refractivity contribution in [1.82, 2.24) is 4.31 Å². The number of sulfonamides is 1. The van der Waals surface area contributed by atoms with Crippen LogP contribution in [0.15, 0.2) is 130 Å². The fourth-order valence-corrected chi connectivity index (χ4v) is 9.92. The number of anilines is 2. The van der Waals surface area contributed by atoms with Gasteiger partial charge in [-0.05, 0) is 72.9 Å². The monoisotopic (exact) mass is 790 g/mol. The average Bonchev–Trinajstić information content (AvgIpc) is 3.15. The van der Waals surface area contributed by atoms with Crippen LogP contribution in [0, 0.1) is 11.8 Å². The molecule has 0 bridgehead atoms. The van der Waals surface area contributed by atoms with E-state index in [1.54, 1.807) is 40.7 Å². The third-order valence-corrected chi connectivity index (χ3v) is 14.2. The highest BCUT2D eigenvalue weighted by atomic mass is 32.2. The van der Waals surface area contributed by atoms with E-state index in [0.29, 0.717) is 53.1 Å². The fourth-order valence-electron chi connectivity index (χ4n) is 7.25. The lowest BCUT2D eigenvalue weighted by molar-refractivity contribution is -0.403. The van der Waals surface area contributed by atoms with Crippen molar-refractivity contribution in [2.45, 2.75) is 40.4 Å². The van der Waals surface area contributed by atoms with Crippen molar-refractivity contribution in [2.75, 3.05) is 32.1 Å². The summed E-state index contributed by atoms with van der Waals surface area (Å²) < 4.78 is 104. The molecule has 2 heterocycles. The molecule has 4 aromatic carbocycles. The first-order valence-corrected chi connectivity index (χ1v) is 21.6. The smallest absolute Gasteiger partial charge is 0.294 e.